The van der Waals surface area contributed by atoms with E-state index < -0.39 is 0 Å². The van der Waals surface area contributed by atoms with E-state index >= 15 is 0 Å². The van der Waals surface area contributed by atoms with Gasteiger partial charge in [-0.25, -0.2) is 0 Å². The Morgan fingerprint density at radius 2 is 2.44 bits per heavy atom. The molecule has 1 heterocycles. The third kappa shape index (κ3) is 2.15. The molecule has 2 heteroatoms. The Morgan fingerprint density at radius 3 is 2.89 bits per heavy atom. The number of hydrogen-bond donors (Lipinski definition) is 0. The molecule has 0 amide bonds. The Kier molecular flexibility index (Phi) is 2.80. The Bertz CT molecular complexity index is 85.0. The number of hydrogen-bond acceptors (Lipinski definition) is 1. The minimum absolute atomic E-state index is 0.365. The van der Waals surface area contributed by atoms with E-state index in [-0.39, 0.29) is 0 Å². The molecular weight excluding hydrogens is 136 g/mol. The summed E-state index contributed by atoms with van der Waals surface area (Å²) < 4.78 is 5.41. The van der Waals surface area contributed by atoms with E-state index in [1.807, 2.05) is 0 Å². The summed E-state index contributed by atoms with van der Waals surface area (Å²) in [5.74, 6) is 0. The van der Waals surface area contributed by atoms with E-state index in [0.717, 1.165) is 25.9 Å². The Hall–Kier alpha value is 0.250. The van der Waals surface area contributed by atoms with E-state index in [2.05, 4.69) is 6.92 Å². The van der Waals surface area contributed by atoms with Gasteiger partial charge in [-0.1, -0.05) is 6.92 Å². The highest BCUT2D eigenvalue weighted by atomic mass is 35.5. The summed E-state index contributed by atoms with van der Waals surface area (Å²) >= 11 is 5.91. The van der Waals surface area contributed by atoms with E-state index in [0.29, 0.717) is 11.5 Å². The Morgan fingerprint density at radius 1 is 1.67 bits per heavy atom. The third-order valence-electron chi connectivity index (χ3n) is 1.76. The molecule has 54 valence electrons. The molecule has 1 fully saturated rings. The van der Waals surface area contributed by atoms with E-state index in [1.54, 1.807) is 0 Å². The van der Waals surface area contributed by atoms with Crippen LogP contribution in [0.1, 0.15) is 26.2 Å². The van der Waals surface area contributed by atoms with Crippen molar-refractivity contribution in [2.75, 3.05) is 6.61 Å². The molecule has 1 aliphatic heterocycles. The fraction of sp³-hybridized carbons (Fsp3) is 1.00. The topological polar surface area (TPSA) is 9.23 Å². The third-order valence-corrected chi connectivity index (χ3v) is 2.16. The SMILES string of the molecule is CCC1CC(Cl)CCO1. The van der Waals surface area contributed by atoms with Gasteiger partial charge >= 0.3 is 0 Å². The Labute approximate surface area is 61.3 Å². The van der Waals surface area contributed by atoms with Gasteiger partial charge in [-0.2, -0.15) is 0 Å². The van der Waals surface area contributed by atoms with Gasteiger partial charge in [0.2, 0.25) is 0 Å². The van der Waals surface area contributed by atoms with Crippen LogP contribution in [0.3, 0.4) is 0 Å². The minimum atomic E-state index is 0.365. The van der Waals surface area contributed by atoms with E-state index in [4.69, 9.17) is 16.3 Å². The van der Waals surface area contributed by atoms with E-state index in [9.17, 15) is 0 Å². The zero-order valence-electron chi connectivity index (χ0n) is 5.77. The molecule has 2 unspecified atom stereocenters. The first-order valence-electron chi connectivity index (χ1n) is 3.58. The summed E-state index contributed by atoms with van der Waals surface area (Å²) in [6.45, 7) is 2.99. The molecule has 1 nitrogen and oxygen atoms in total. The van der Waals surface area contributed by atoms with Crippen LogP contribution in [-0.2, 0) is 4.74 Å². The van der Waals surface area contributed by atoms with Gasteiger partial charge in [0.1, 0.15) is 0 Å². The van der Waals surface area contributed by atoms with Crippen LogP contribution in [0.4, 0.5) is 0 Å². The van der Waals surface area contributed by atoms with Crippen LogP contribution < -0.4 is 0 Å². The van der Waals surface area contributed by atoms with Crippen LogP contribution in [0.25, 0.3) is 0 Å². The molecule has 1 aliphatic rings. The highest BCUT2D eigenvalue weighted by Crippen LogP contribution is 2.20. The van der Waals surface area contributed by atoms with Crippen molar-refractivity contribution in [3.05, 3.63) is 0 Å². The smallest absolute Gasteiger partial charge is 0.0586 e. The van der Waals surface area contributed by atoms with Crippen molar-refractivity contribution in [1.29, 1.82) is 0 Å². The van der Waals surface area contributed by atoms with Crippen molar-refractivity contribution in [2.45, 2.75) is 37.7 Å². The summed E-state index contributed by atoms with van der Waals surface area (Å²) in [5, 5.41) is 0.365. The lowest BCUT2D eigenvalue weighted by molar-refractivity contribution is 0.0161. The van der Waals surface area contributed by atoms with Crippen LogP contribution in [0, 0.1) is 0 Å². The zero-order valence-corrected chi connectivity index (χ0v) is 6.53. The second-order valence-corrected chi connectivity index (χ2v) is 3.14. The summed E-state index contributed by atoms with van der Waals surface area (Å²) in [4.78, 5) is 0. The molecule has 0 aromatic carbocycles. The van der Waals surface area contributed by atoms with Crippen LogP contribution in [0.5, 0.6) is 0 Å². The molecule has 1 saturated heterocycles. The lowest BCUT2D eigenvalue weighted by Crippen LogP contribution is -2.25. The van der Waals surface area contributed by atoms with Gasteiger partial charge in [0.05, 0.1) is 6.10 Å². The highest BCUT2D eigenvalue weighted by Gasteiger charge is 2.18. The summed E-state index contributed by atoms with van der Waals surface area (Å²) in [6, 6.07) is 0. The largest absolute Gasteiger partial charge is 0.378 e. The number of ether oxygens (including phenoxy) is 1. The summed E-state index contributed by atoms with van der Waals surface area (Å²) in [5.41, 5.74) is 0. The van der Waals surface area contributed by atoms with Crippen molar-refractivity contribution in [2.24, 2.45) is 0 Å². The lowest BCUT2D eigenvalue weighted by Gasteiger charge is -2.24. The van der Waals surface area contributed by atoms with Crippen molar-refractivity contribution in [3.63, 3.8) is 0 Å². The maximum Gasteiger partial charge on any atom is 0.0586 e. The zero-order chi connectivity index (χ0) is 6.69. The van der Waals surface area contributed by atoms with Crippen molar-refractivity contribution >= 4 is 11.6 Å². The maximum atomic E-state index is 5.91. The fourth-order valence-electron chi connectivity index (χ4n) is 1.12. The van der Waals surface area contributed by atoms with Crippen LogP contribution >= 0.6 is 11.6 Å². The molecule has 0 N–H and O–H groups in total. The van der Waals surface area contributed by atoms with E-state index in [1.165, 1.54) is 0 Å². The molecule has 0 aliphatic carbocycles. The first-order valence-corrected chi connectivity index (χ1v) is 4.02. The number of halogens is 1. The van der Waals surface area contributed by atoms with Gasteiger partial charge in [-0.3, -0.25) is 0 Å². The van der Waals surface area contributed by atoms with Crippen LogP contribution in [0.15, 0.2) is 0 Å². The first-order chi connectivity index (χ1) is 4.33. The fourth-order valence-corrected chi connectivity index (χ4v) is 1.41. The Balaban J connectivity index is 2.23. The quantitative estimate of drug-likeness (QED) is 0.518. The normalized spacial score (nSPS) is 36.7. The predicted molar refractivity (Wildman–Crippen MR) is 38.9 cm³/mol. The van der Waals surface area contributed by atoms with Gasteiger partial charge in [-0.15, -0.1) is 11.6 Å². The average molecular weight is 149 g/mol. The molecule has 0 aromatic rings. The molecule has 0 aromatic heterocycles. The maximum absolute atomic E-state index is 5.91. The molecule has 0 radical (unpaired) electrons. The lowest BCUT2D eigenvalue weighted by atomic mass is 10.1. The molecular formula is C7H13ClO. The van der Waals surface area contributed by atoms with Crippen molar-refractivity contribution in [1.82, 2.24) is 0 Å². The highest BCUT2D eigenvalue weighted by molar-refractivity contribution is 6.20. The molecule has 0 saturated carbocycles. The molecule has 2 atom stereocenters. The molecule has 0 spiro atoms. The van der Waals surface area contributed by atoms with Crippen LogP contribution in [0.2, 0.25) is 0 Å². The monoisotopic (exact) mass is 148 g/mol. The second-order valence-electron chi connectivity index (χ2n) is 2.52. The molecule has 1 rings (SSSR count). The molecule has 9 heavy (non-hydrogen) atoms. The van der Waals surface area contributed by atoms with Gasteiger partial charge in [0.15, 0.2) is 0 Å². The minimum Gasteiger partial charge on any atom is -0.378 e. The summed E-state index contributed by atoms with van der Waals surface area (Å²) in [6.07, 6.45) is 3.60. The summed E-state index contributed by atoms with van der Waals surface area (Å²) in [7, 11) is 0. The standard InChI is InChI=1S/C7H13ClO/c1-2-7-5-6(8)3-4-9-7/h6-7H,2-5H2,1H3. The van der Waals surface area contributed by atoms with Gasteiger partial charge in [0, 0.05) is 12.0 Å². The van der Waals surface area contributed by atoms with Gasteiger partial charge in [-0.05, 0) is 19.3 Å². The first kappa shape index (κ1) is 7.36. The second kappa shape index (κ2) is 3.43. The number of alkyl halides is 1. The van der Waals surface area contributed by atoms with Crippen LogP contribution in [-0.4, -0.2) is 18.1 Å². The van der Waals surface area contributed by atoms with Gasteiger partial charge in [0.25, 0.3) is 0 Å². The predicted octanol–water partition coefficient (Wildman–Crippen LogP) is 2.18. The average Bonchev–Trinajstić information content (AvgIpc) is 1.88. The number of rotatable bonds is 1. The van der Waals surface area contributed by atoms with Crippen molar-refractivity contribution < 1.29 is 4.74 Å². The van der Waals surface area contributed by atoms with Gasteiger partial charge < -0.3 is 4.74 Å². The van der Waals surface area contributed by atoms with Crippen molar-refractivity contribution in [3.8, 4) is 0 Å². The molecule has 0 bridgehead atoms.